The molecule has 2 heterocycles. The summed E-state index contributed by atoms with van der Waals surface area (Å²) in [7, 11) is 0. The molecule has 36 heavy (non-hydrogen) atoms. The molecule has 7 N–H and O–H groups in total. The van der Waals surface area contributed by atoms with E-state index in [0.29, 0.717) is 0 Å². The van der Waals surface area contributed by atoms with Crippen LogP contribution in [-0.4, -0.2) is 72.4 Å². The number of carbonyl (C=O) groups is 1. The summed E-state index contributed by atoms with van der Waals surface area (Å²) in [6.45, 7) is 2.43. The number of fused-ring (bicyclic) bond motifs is 1. The summed E-state index contributed by atoms with van der Waals surface area (Å²) >= 11 is 0. The standard InChI is InChI=1S/C23H22O13/c1-7-16(29)19(32)22(34-8(2)24)23(33-7)36-21-18(31)15-11(26)5-10(25)6-14(15)35-20(21)9-3-12(27)17(30)13(28)4-9/h3-7,16,19,22-23,25-30,32H,1-2H3/t7-,16-,19+,22-,23-/m0/s1. The Morgan fingerprint density at radius 2 is 1.58 bits per heavy atom. The number of esters is 1. The van der Waals surface area contributed by atoms with Crippen LogP contribution in [0, 0.1) is 0 Å². The molecule has 0 amide bonds. The molecule has 3 aromatic rings. The van der Waals surface area contributed by atoms with E-state index < -0.39 is 87.7 Å². The Labute approximate surface area is 201 Å². The molecule has 1 aromatic heterocycles. The van der Waals surface area contributed by atoms with Crippen LogP contribution in [-0.2, 0) is 14.3 Å². The fraction of sp³-hybridized carbons (Fsp3) is 0.304. The summed E-state index contributed by atoms with van der Waals surface area (Å²) in [5.74, 6) is -5.52. The van der Waals surface area contributed by atoms with Crippen molar-refractivity contribution in [3.8, 4) is 45.8 Å². The molecule has 4 rings (SSSR count). The average Bonchev–Trinajstić information content (AvgIpc) is 2.79. The van der Waals surface area contributed by atoms with Crippen molar-refractivity contribution in [2.24, 2.45) is 0 Å². The Kier molecular flexibility index (Phi) is 6.30. The first-order chi connectivity index (χ1) is 16.9. The number of carbonyl (C=O) groups excluding carboxylic acids is 1. The summed E-state index contributed by atoms with van der Waals surface area (Å²) in [5, 5.41) is 69.9. The lowest BCUT2D eigenvalue weighted by molar-refractivity contribution is -0.273. The van der Waals surface area contributed by atoms with Gasteiger partial charge in [0.05, 0.1) is 6.10 Å². The summed E-state index contributed by atoms with van der Waals surface area (Å²) in [6, 6.07) is 3.76. The quantitative estimate of drug-likeness (QED) is 0.192. The molecular formula is C23H22O13. The maximum atomic E-state index is 13.4. The van der Waals surface area contributed by atoms with Crippen molar-refractivity contribution in [2.45, 2.75) is 44.6 Å². The topological polar surface area (TPSA) is 217 Å². The van der Waals surface area contributed by atoms with Crippen molar-refractivity contribution in [3.63, 3.8) is 0 Å². The number of aliphatic hydroxyl groups excluding tert-OH is 2. The summed E-state index contributed by atoms with van der Waals surface area (Å²) < 4.78 is 22.0. The second kappa shape index (κ2) is 9.11. The molecule has 0 saturated carbocycles. The van der Waals surface area contributed by atoms with Crippen LogP contribution >= 0.6 is 0 Å². The Morgan fingerprint density at radius 3 is 2.19 bits per heavy atom. The molecule has 0 aliphatic carbocycles. The van der Waals surface area contributed by atoms with Gasteiger partial charge >= 0.3 is 5.97 Å². The van der Waals surface area contributed by atoms with E-state index in [0.717, 1.165) is 31.2 Å². The first-order valence-corrected chi connectivity index (χ1v) is 10.5. The zero-order valence-electron chi connectivity index (χ0n) is 18.8. The van der Waals surface area contributed by atoms with Crippen LogP contribution in [0.4, 0.5) is 0 Å². The maximum absolute atomic E-state index is 13.4. The van der Waals surface area contributed by atoms with E-state index in [9.17, 15) is 45.3 Å². The molecule has 0 bridgehead atoms. The van der Waals surface area contributed by atoms with Gasteiger partial charge in [0.25, 0.3) is 0 Å². The molecule has 1 fully saturated rings. The van der Waals surface area contributed by atoms with Crippen LogP contribution in [0.1, 0.15) is 13.8 Å². The van der Waals surface area contributed by atoms with Crippen LogP contribution in [0.5, 0.6) is 34.5 Å². The van der Waals surface area contributed by atoms with Gasteiger partial charge in [0.2, 0.25) is 17.5 Å². The molecule has 2 aromatic carbocycles. The zero-order valence-corrected chi connectivity index (χ0v) is 18.8. The Balaban J connectivity index is 1.95. The van der Waals surface area contributed by atoms with E-state index in [1.54, 1.807) is 0 Å². The predicted molar refractivity (Wildman–Crippen MR) is 119 cm³/mol. The third kappa shape index (κ3) is 4.30. The second-order valence-electron chi connectivity index (χ2n) is 8.17. The van der Waals surface area contributed by atoms with Gasteiger partial charge in [0.1, 0.15) is 34.7 Å². The number of phenolic OH excluding ortho intramolecular Hbond substituents is 5. The smallest absolute Gasteiger partial charge is 0.303 e. The van der Waals surface area contributed by atoms with E-state index in [4.69, 9.17) is 18.6 Å². The third-order valence-corrected chi connectivity index (χ3v) is 5.57. The maximum Gasteiger partial charge on any atom is 0.303 e. The number of hydrogen-bond acceptors (Lipinski definition) is 13. The molecule has 5 atom stereocenters. The fourth-order valence-electron chi connectivity index (χ4n) is 3.83. The second-order valence-corrected chi connectivity index (χ2v) is 8.17. The molecule has 13 heteroatoms. The molecule has 1 aliphatic heterocycles. The Hall–Kier alpha value is -4.20. The number of benzene rings is 2. The highest BCUT2D eigenvalue weighted by Crippen LogP contribution is 2.43. The van der Waals surface area contributed by atoms with E-state index in [-0.39, 0.29) is 11.1 Å². The molecular weight excluding hydrogens is 484 g/mol. The first kappa shape index (κ1) is 24.9. The van der Waals surface area contributed by atoms with Crippen molar-refractivity contribution in [1.29, 1.82) is 0 Å². The number of aliphatic hydroxyl groups is 2. The van der Waals surface area contributed by atoms with Gasteiger partial charge in [-0.25, -0.2) is 0 Å². The zero-order chi connectivity index (χ0) is 26.5. The molecule has 0 radical (unpaired) electrons. The minimum Gasteiger partial charge on any atom is -0.508 e. The van der Waals surface area contributed by atoms with Crippen molar-refractivity contribution in [3.05, 3.63) is 34.5 Å². The highest BCUT2D eigenvalue weighted by atomic mass is 16.7. The molecule has 0 unspecified atom stereocenters. The van der Waals surface area contributed by atoms with Gasteiger partial charge in [-0.3, -0.25) is 9.59 Å². The van der Waals surface area contributed by atoms with E-state index in [1.807, 2.05) is 0 Å². The van der Waals surface area contributed by atoms with Gasteiger partial charge in [0.15, 0.2) is 29.1 Å². The predicted octanol–water partition coefficient (Wildman–Crippen LogP) is 0.765. The van der Waals surface area contributed by atoms with Crippen molar-refractivity contribution >= 4 is 16.9 Å². The number of ether oxygens (including phenoxy) is 3. The van der Waals surface area contributed by atoms with Crippen LogP contribution < -0.4 is 10.2 Å². The minimum absolute atomic E-state index is 0.187. The molecule has 13 nitrogen and oxygen atoms in total. The van der Waals surface area contributed by atoms with Gasteiger partial charge in [0, 0.05) is 24.6 Å². The lowest BCUT2D eigenvalue weighted by atomic mass is 9.99. The van der Waals surface area contributed by atoms with Crippen LogP contribution in [0.3, 0.4) is 0 Å². The van der Waals surface area contributed by atoms with E-state index in [2.05, 4.69) is 0 Å². The van der Waals surface area contributed by atoms with E-state index >= 15 is 0 Å². The molecule has 0 spiro atoms. The largest absolute Gasteiger partial charge is 0.508 e. The van der Waals surface area contributed by atoms with Gasteiger partial charge in [-0.2, -0.15) is 0 Å². The van der Waals surface area contributed by atoms with Crippen LogP contribution in [0.25, 0.3) is 22.3 Å². The molecule has 1 saturated heterocycles. The van der Waals surface area contributed by atoms with Gasteiger partial charge < -0.3 is 54.4 Å². The first-order valence-electron chi connectivity index (χ1n) is 10.5. The lowest BCUT2D eigenvalue weighted by Gasteiger charge is -2.40. The van der Waals surface area contributed by atoms with E-state index in [1.165, 1.54) is 6.92 Å². The summed E-state index contributed by atoms with van der Waals surface area (Å²) in [5.41, 5.74) is -1.50. The normalized spacial score (nSPS) is 23.9. The third-order valence-electron chi connectivity index (χ3n) is 5.57. The monoisotopic (exact) mass is 506 g/mol. The Bertz CT molecular complexity index is 1370. The van der Waals surface area contributed by atoms with Gasteiger partial charge in [-0.15, -0.1) is 0 Å². The van der Waals surface area contributed by atoms with Crippen molar-refractivity contribution in [2.75, 3.05) is 0 Å². The van der Waals surface area contributed by atoms with Crippen molar-refractivity contribution < 1.29 is 59.2 Å². The molecule has 192 valence electrons. The highest BCUT2D eigenvalue weighted by molar-refractivity contribution is 5.88. The van der Waals surface area contributed by atoms with Gasteiger partial charge in [-0.05, 0) is 19.1 Å². The number of rotatable bonds is 4. The summed E-state index contributed by atoms with van der Waals surface area (Å²) in [6.07, 6.45) is -7.46. The van der Waals surface area contributed by atoms with Crippen LogP contribution in [0.2, 0.25) is 0 Å². The van der Waals surface area contributed by atoms with Gasteiger partial charge in [-0.1, -0.05) is 0 Å². The number of hydrogen-bond donors (Lipinski definition) is 7. The van der Waals surface area contributed by atoms with Crippen LogP contribution in [0.15, 0.2) is 33.5 Å². The molecule has 1 aliphatic rings. The SMILES string of the molecule is CC(=O)O[C@@H]1[C@H](Oc2c(-c3cc(O)c(O)c(O)c3)oc3cc(O)cc(O)c3c2=O)O[C@@H](C)[C@H](O)[C@H]1O. The lowest BCUT2D eigenvalue weighted by Crippen LogP contribution is -2.59. The number of aromatic hydroxyl groups is 5. The number of phenols is 5. The summed E-state index contributed by atoms with van der Waals surface area (Å²) in [4.78, 5) is 25.1. The Morgan fingerprint density at radius 1 is 0.944 bits per heavy atom. The highest BCUT2D eigenvalue weighted by Gasteiger charge is 2.47. The average molecular weight is 506 g/mol. The minimum atomic E-state index is -1.68. The van der Waals surface area contributed by atoms with Crippen molar-refractivity contribution in [1.82, 2.24) is 0 Å². The fourth-order valence-corrected chi connectivity index (χ4v) is 3.83.